The summed E-state index contributed by atoms with van der Waals surface area (Å²) in [6.07, 6.45) is 5.46. The van der Waals surface area contributed by atoms with Crippen molar-refractivity contribution in [3.05, 3.63) is 29.3 Å². The Kier molecular flexibility index (Phi) is 3.81. The van der Waals surface area contributed by atoms with Crippen LogP contribution in [0.5, 0.6) is 0 Å². The van der Waals surface area contributed by atoms with Crippen LogP contribution in [0.3, 0.4) is 0 Å². The fourth-order valence-electron chi connectivity index (χ4n) is 3.68. The summed E-state index contributed by atoms with van der Waals surface area (Å²) in [4.78, 5) is 5.87. The second kappa shape index (κ2) is 5.99. The molecule has 0 saturated heterocycles. The number of H-pyrrole nitrogens is 1. The topological polar surface area (TPSA) is 68.9 Å². The SMILES string of the molecule is CC1CCCC(Nc2c(-c3cccs3)nc3c(C#N)c[nH]n23)C1C. The van der Waals surface area contributed by atoms with E-state index in [1.54, 1.807) is 17.5 Å². The zero-order valence-corrected chi connectivity index (χ0v) is 14.7. The molecule has 124 valence electrons. The lowest BCUT2D eigenvalue weighted by Crippen LogP contribution is -2.35. The van der Waals surface area contributed by atoms with Gasteiger partial charge in [-0.2, -0.15) is 5.26 Å². The summed E-state index contributed by atoms with van der Waals surface area (Å²) in [5.74, 6) is 2.31. The Hall–Kier alpha value is -2.26. The quantitative estimate of drug-likeness (QED) is 0.738. The first-order valence-electron chi connectivity index (χ1n) is 8.49. The number of aromatic nitrogens is 3. The molecule has 0 amide bonds. The number of nitrogens with one attached hydrogen (secondary N) is 2. The van der Waals surface area contributed by atoms with Crippen molar-refractivity contribution in [3.63, 3.8) is 0 Å². The molecule has 5 nitrogen and oxygen atoms in total. The summed E-state index contributed by atoms with van der Waals surface area (Å²) >= 11 is 1.67. The average Bonchev–Trinajstić information content (AvgIpc) is 3.29. The summed E-state index contributed by atoms with van der Waals surface area (Å²) in [6.45, 7) is 4.67. The van der Waals surface area contributed by atoms with Crippen LogP contribution in [0.25, 0.3) is 16.2 Å². The Morgan fingerprint density at radius 1 is 1.42 bits per heavy atom. The minimum Gasteiger partial charge on any atom is -0.365 e. The van der Waals surface area contributed by atoms with Crippen molar-refractivity contribution >= 4 is 22.8 Å². The van der Waals surface area contributed by atoms with Crippen molar-refractivity contribution in [1.82, 2.24) is 14.6 Å². The molecule has 3 aromatic rings. The van der Waals surface area contributed by atoms with E-state index in [0.717, 1.165) is 22.3 Å². The molecule has 3 unspecified atom stereocenters. The highest BCUT2D eigenvalue weighted by Crippen LogP contribution is 2.36. The van der Waals surface area contributed by atoms with Crippen LogP contribution >= 0.6 is 11.3 Å². The highest BCUT2D eigenvalue weighted by atomic mass is 32.1. The first kappa shape index (κ1) is 15.3. The number of hydrogen-bond acceptors (Lipinski definition) is 4. The number of imidazole rings is 1. The predicted molar refractivity (Wildman–Crippen MR) is 97.2 cm³/mol. The third kappa shape index (κ3) is 2.40. The second-order valence-corrected chi connectivity index (χ2v) is 7.71. The number of anilines is 1. The normalized spacial score (nSPS) is 24.1. The van der Waals surface area contributed by atoms with E-state index in [1.165, 1.54) is 19.3 Å². The van der Waals surface area contributed by atoms with Crippen LogP contribution in [0.2, 0.25) is 0 Å². The van der Waals surface area contributed by atoms with Crippen LogP contribution in [0, 0.1) is 23.2 Å². The predicted octanol–water partition coefficient (Wildman–Crippen LogP) is 4.50. The third-order valence-corrected chi connectivity index (χ3v) is 6.24. The first-order valence-corrected chi connectivity index (χ1v) is 9.37. The summed E-state index contributed by atoms with van der Waals surface area (Å²) in [5.41, 5.74) is 2.20. The van der Waals surface area contributed by atoms with Gasteiger partial charge in [0.2, 0.25) is 0 Å². The Bertz CT molecular complexity index is 883. The van der Waals surface area contributed by atoms with Crippen molar-refractivity contribution in [3.8, 4) is 16.6 Å². The third-order valence-electron chi connectivity index (χ3n) is 5.36. The molecule has 2 N–H and O–H groups in total. The van der Waals surface area contributed by atoms with Crippen LogP contribution in [0.1, 0.15) is 38.7 Å². The Labute approximate surface area is 145 Å². The molecule has 3 aromatic heterocycles. The summed E-state index contributed by atoms with van der Waals surface area (Å²) in [6, 6.07) is 6.76. The number of aromatic amines is 1. The van der Waals surface area contributed by atoms with Gasteiger partial charge in [0.1, 0.15) is 17.3 Å². The number of hydrogen-bond donors (Lipinski definition) is 2. The number of fused-ring (bicyclic) bond motifs is 1. The zero-order chi connectivity index (χ0) is 16.7. The van der Waals surface area contributed by atoms with E-state index in [4.69, 9.17) is 4.98 Å². The average molecular weight is 339 g/mol. The molecule has 1 saturated carbocycles. The van der Waals surface area contributed by atoms with Crippen molar-refractivity contribution in [2.24, 2.45) is 11.8 Å². The molecule has 0 radical (unpaired) electrons. The second-order valence-electron chi connectivity index (χ2n) is 6.76. The molecule has 0 spiro atoms. The summed E-state index contributed by atoms with van der Waals surface area (Å²) < 4.78 is 1.92. The summed E-state index contributed by atoms with van der Waals surface area (Å²) in [5, 5.41) is 18.3. The molecule has 0 aliphatic heterocycles. The molecule has 0 bridgehead atoms. The van der Waals surface area contributed by atoms with Gasteiger partial charge in [0, 0.05) is 12.2 Å². The molecule has 1 aliphatic rings. The number of nitriles is 1. The van der Waals surface area contributed by atoms with Gasteiger partial charge in [-0.1, -0.05) is 32.8 Å². The molecule has 1 aliphatic carbocycles. The van der Waals surface area contributed by atoms with E-state index in [2.05, 4.69) is 41.8 Å². The van der Waals surface area contributed by atoms with E-state index >= 15 is 0 Å². The standard InChI is InChI=1S/C18H21N5S/c1-11-5-3-6-14(12(11)2)21-18-16(15-7-4-8-24-15)22-17-13(9-19)10-20-23(17)18/h4,7-8,10-12,14,20-21H,3,5-6H2,1-2H3. The van der Waals surface area contributed by atoms with Gasteiger partial charge in [0.25, 0.3) is 0 Å². The van der Waals surface area contributed by atoms with Gasteiger partial charge >= 0.3 is 0 Å². The van der Waals surface area contributed by atoms with Gasteiger partial charge in [0.05, 0.1) is 4.88 Å². The number of nitrogens with zero attached hydrogens (tertiary/aromatic N) is 3. The van der Waals surface area contributed by atoms with Crippen LogP contribution < -0.4 is 5.32 Å². The van der Waals surface area contributed by atoms with E-state index in [0.29, 0.717) is 23.2 Å². The molecule has 0 aromatic carbocycles. The monoisotopic (exact) mass is 339 g/mol. The van der Waals surface area contributed by atoms with Crippen LogP contribution in [0.15, 0.2) is 23.7 Å². The van der Waals surface area contributed by atoms with Gasteiger partial charge in [-0.25, -0.2) is 9.50 Å². The molecule has 1 fully saturated rings. The van der Waals surface area contributed by atoms with E-state index in [9.17, 15) is 5.26 Å². The molecule has 4 rings (SSSR count). The van der Waals surface area contributed by atoms with E-state index < -0.39 is 0 Å². The van der Waals surface area contributed by atoms with Gasteiger partial charge in [0.15, 0.2) is 11.5 Å². The van der Waals surface area contributed by atoms with Gasteiger partial charge in [-0.3, -0.25) is 5.10 Å². The maximum absolute atomic E-state index is 9.31. The highest BCUT2D eigenvalue weighted by molar-refractivity contribution is 7.13. The van der Waals surface area contributed by atoms with Crippen molar-refractivity contribution in [2.45, 2.75) is 39.2 Å². The minimum atomic E-state index is 0.432. The van der Waals surface area contributed by atoms with Gasteiger partial charge in [-0.15, -0.1) is 11.3 Å². The smallest absolute Gasteiger partial charge is 0.173 e. The Morgan fingerprint density at radius 2 is 2.29 bits per heavy atom. The van der Waals surface area contributed by atoms with Crippen LogP contribution in [0.4, 0.5) is 5.82 Å². The lowest BCUT2D eigenvalue weighted by atomic mass is 9.78. The molecule has 3 atom stereocenters. The molecule has 6 heteroatoms. The lowest BCUT2D eigenvalue weighted by molar-refractivity contribution is 0.252. The van der Waals surface area contributed by atoms with Crippen molar-refractivity contribution in [2.75, 3.05) is 5.32 Å². The number of rotatable bonds is 3. The fraction of sp³-hybridized carbons (Fsp3) is 0.444. The Morgan fingerprint density at radius 3 is 3.04 bits per heavy atom. The maximum atomic E-state index is 9.31. The largest absolute Gasteiger partial charge is 0.365 e. The number of thiophene rings is 1. The van der Waals surface area contributed by atoms with Gasteiger partial charge < -0.3 is 5.32 Å². The summed E-state index contributed by atoms with van der Waals surface area (Å²) in [7, 11) is 0. The highest BCUT2D eigenvalue weighted by Gasteiger charge is 2.29. The minimum absolute atomic E-state index is 0.432. The zero-order valence-electron chi connectivity index (χ0n) is 13.9. The molecular formula is C18H21N5S. The van der Waals surface area contributed by atoms with E-state index in [1.807, 2.05) is 10.6 Å². The van der Waals surface area contributed by atoms with Gasteiger partial charge in [-0.05, 0) is 29.7 Å². The van der Waals surface area contributed by atoms with Crippen LogP contribution in [-0.2, 0) is 0 Å². The fourth-order valence-corrected chi connectivity index (χ4v) is 4.40. The van der Waals surface area contributed by atoms with E-state index in [-0.39, 0.29) is 0 Å². The van der Waals surface area contributed by atoms with Crippen LogP contribution in [-0.4, -0.2) is 20.6 Å². The maximum Gasteiger partial charge on any atom is 0.173 e. The van der Waals surface area contributed by atoms with Crippen molar-refractivity contribution in [1.29, 1.82) is 5.26 Å². The lowest BCUT2D eigenvalue weighted by Gasteiger charge is -2.35. The molecule has 3 heterocycles. The first-order chi connectivity index (χ1) is 11.7. The Balaban J connectivity index is 1.79. The molecule has 24 heavy (non-hydrogen) atoms. The molecular weight excluding hydrogens is 318 g/mol. The van der Waals surface area contributed by atoms with Crippen molar-refractivity contribution < 1.29 is 0 Å².